The molecule has 0 N–H and O–H groups in total. The van der Waals surface area contributed by atoms with Crippen molar-refractivity contribution in [1.82, 2.24) is 0 Å². The number of hydrogen-bond donors (Lipinski definition) is 0. The molecule has 0 amide bonds. The van der Waals surface area contributed by atoms with Crippen molar-refractivity contribution in [3.05, 3.63) is 53.1 Å². The SMILES string of the molecule is CCCCC12CCC(c3ccc(-c4ccc(OC)cc4)c(C#N)c3C#N)(CC1)CC2. The molecular weight excluding hydrogens is 368 g/mol. The largest absolute Gasteiger partial charge is 0.497 e. The Morgan fingerprint density at radius 2 is 1.50 bits per heavy atom. The zero-order valence-corrected chi connectivity index (χ0v) is 18.1. The Balaban J connectivity index is 1.71. The molecule has 154 valence electrons. The van der Waals surface area contributed by atoms with Gasteiger partial charge in [-0.05, 0) is 79.0 Å². The topological polar surface area (TPSA) is 56.8 Å². The van der Waals surface area contributed by atoms with E-state index in [1.807, 2.05) is 24.3 Å². The van der Waals surface area contributed by atoms with Crippen LogP contribution in [0.25, 0.3) is 11.1 Å². The summed E-state index contributed by atoms with van der Waals surface area (Å²) in [6, 6.07) is 16.7. The lowest BCUT2D eigenvalue weighted by atomic mass is 9.50. The van der Waals surface area contributed by atoms with Gasteiger partial charge in [-0.2, -0.15) is 10.5 Å². The third-order valence-corrected chi connectivity index (χ3v) is 7.86. The summed E-state index contributed by atoms with van der Waals surface area (Å²) in [5.74, 6) is 0.782. The molecule has 0 heterocycles. The van der Waals surface area contributed by atoms with Gasteiger partial charge in [-0.25, -0.2) is 0 Å². The van der Waals surface area contributed by atoms with Crippen LogP contribution < -0.4 is 4.74 Å². The third kappa shape index (κ3) is 3.37. The second-order valence-electron chi connectivity index (χ2n) is 9.25. The molecule has 5 rings (SSSR count). The van der Waals surface area contributed by atoms with Gasteiger partial charge in [0.15, 0.2) is 0 Å². The molecule has 0 radical (unpaired) electrons. The fourth-order valence-electron chi connectivity index (χ4n) is 5.88. The van der Waals surface area contributed by atoms with Gasteiger partial charge in [0, 0.05) is 5.56 Å². The Morgan fingerprint density at radius 3 is 2.03 bits per heavy atom. The average molecular weight is 399 g/mol. The van der Waals surface area contributed by atoms with Gasteiger partial charge in [0.25, 0.3) is 0 Å². The predicted molar refractivity (Wildman–Crippen MR) is 119 cm³/mol. The minimum Gasteiger partial charge on any atom is -0.497 e. The highest BCUT2D eigenvalue weighted by Crippen LogP contribution is 2.60. The highest BCUT2D eigenvalue weighted by atomic mass is 16.5. The molecule has 2 bridgehead atoms. The lowest BCUT2D eigenvalue weighted by molar-refractivity contribution is 0.0307. The van der Waals surface area contributed by atoms with Crippen LogP contribution in [-0.4, -0.2) is 7.11 Å². The molecule has 3 aliphatic rings. The number of benzene rings is 2. The maximum absolute atomic E-state index is 10.1. The number of ether oxygens (including phenoxy) is 1. The van der Waals surface area contributed by atoms with E-state index in [1.54, 1.807) is 7.11 Å². The summed E-state index contributed by atoms with van der Waals surface area (Å²) >= 11 is 0. The molecule has 3 aliphatic carbocycles. The van der Waals surface area contributed by atoms with Crippen molar-refractivity contribution in [3.63, 3.8) is 0 Å². The molecule has 0 aromatic heterocycles. The second-order valence-corrected chi connectivity index (χ2v) is 9.25. The number of unbranched alkanes of at least 4 members (excludes halogenated alkanes) is 1. The van der Waals surface area contributed by atoms with Crippen molar-refractivity contribution >= 4 is 0 Å². The van der Waals surface area contributed by atoms with Crippen LogP contribution >= 0.6 is 0 Å². The third-order valence-electron chi connectivity index (χ3n) is 7.86. The maximum Gasteiger partial charge on any atom is 0.118 e. The molecule has 0 atom stereocenters. The van der Waals surface area contributed by atoms with Crippen LogP contribution in [0.4, 0.5) is 0 Å². The lowest BCUT2D eigenvalue weighted by Crippen LogP contribution is -2.44. The molecule has 30 heavy (non-hydrogen) atoms. The Labute approximate surface area is 180 Å². The van der Waals surface area contributed by atoms with Crippen LogP contribution in [0.3, 0.4) is 0 Å². The first-order chi connectivity index (χ1) is 14.6. The van der Waals surface area contributed by atoms with E-state index >= 15 is 0 Å². The minimum absolute atomic E-state index is 0.0725. The van der Waals surface area contributed by atoms with Crippen LogP contribution in [0.15, 0.2) is 36.4 Å². The van der Waals surface area contributed by atoms with Gasteiger partial charge in [0.1, 0.15) is 17.9 Å². The predicted octanol–water partition coefficient (Wildman–Crippen LogP) is 6.89. The zero-order chi connectivity index (χ0) is 21.2. The van der Waals surface area contributed by atoms with E-state index in [0.29, 0.717) is 16.5 Å². The van der Waals surface area contributed by atoms with E-state index in [9.17, 15) is 10.5 Å². The number of nitriles is 2. The summed E-state index contributed by atoms with van der Waals surface area (Å²) in [4.78, 5) is 0. The summed E-state index contributed by atoms with van der Waals surface area (Å²) < 4.78 is 5.25. The average Bonchev–Trinajstić information content (AvgIpc) is 2.83. The van der Waals surface area contributed by atoms with E-state index in [1.165, 1.54) is 38.5 Å². The smallest absolute Gasteiger partial charge is 0.118 e. The maximum atomic E-state index is 10.1. The van der Waals surface area contributed by atoms with E-state index in [4.69, 9.17) is 4.74 Å². The van der Waals surface area contributed by atoms with Gasteiger partial charge in [-0.15, -0.1) is 0 Å². The molecule has 3 fully saturated rings. The van der Waals surface area contributed by atoms with Gasteiger partial charge in [0.05, 0.1) is 18.2 Å². The lowest BCUT2D eigenvalue weighted by Gasteiger charge is -2.54. The molecule has 3 nitrogen and oxygen atoms in total. The van der Waals surface area contributed by atoms with Crippen molar-refractivity contribution in [1.29, 1.82) is 10.5 Å². The Morgan fingerprint density at radius 1 is 0.867 bits per heavy atom. The number of rotatable bonds is 6. The minimum atomic E-state index is 0.0725. The van der Waals surface area contributed by atoms with Gasteiger partial charge >= 0.3 is 0 Å². The molecule has 3 saturated carbocycles. The molecule has 3 heteroatoms. The quantitative estimate of drug-likeness (QED) is 0.532. The van der Waals surface area contributed by atoms with E-state index in [-0.39, 0.29) is 5.41 Å². The van der Waals surface area contributed by atoms with Crippen LogP contribution in [0.5, 0.6) is 5.75 Å². The van der Waals surface area contributed by atoms with Crippen molar-refractivity contribution in [2.24, 2.45) is 5.41 Å². The number of methoxy groups -OCH3 is 1. The van der Waals surface area contributed by atoms with E-state index in [0.717, 1.165) is 41.7 Å². The van der Waals surface area contributed by atoms with Gasteiger partial charge in [0.2, 0.25) is 0 Å². The van der Waals surface area contributed by atoms with Gasteiger partial charge < -0.3 is 4.74 Å². The Kier molecular flexibility index (Phi) is 5.57. The van der Waals surface area contributed by atoms with Crippen molar-refractivity contribution < 1.29 is 4.74 Å². The first-order valence-electron chi connectivity index (χ1n) is 11.2. The molecular formula is C27H30N2O. The van der Waals surface area contributed by atoms with E-state index < -0.39 is 0 Å². The summed E-state index contributed by atoms with van der Waals surface area (Å²) in [6.45, 7) is 2.28. The summed E-state index contributed by atoms with van der Waals surface area (Å²) in [5.41, 5.74) is 4.60. The molecule has 0 aliphatic heterocycles. The monoisotopic (exact) mass is 398 g/mol. The molecule has 0 saturated heterocycles. The number of fused-ring (bicyclic) bond motifs is 3. The molecule has 2 aromatic rings. The Hall–Kier alpha value is -2.78. The van der Waals surface area contributed by atoms with Crippen LogP contribution in [0.1, 0.15) is 81.4 Å². The molecule has 0 spiro atoms. The van der Waals surface area contributed by atoms with E-state index in [2.05, 4.69) is 31.2 Å². The van der Waals surface area contributed by atoms with Crippen molar-refractivity contribution in [3.8, 4) is 29.0 Å². The van der Waals surface area contributed by atoms with Crippen molar-refractivity contribution in [2.75, 3.05) is 7.11 Å². The van der Waals surface area contributed by atoms with Crippen LogP contribution in [0.2, 0.25) is 0 Å². The Bertz CT molecular complexity index is 982. The standard InChI is InChI=1S/C27H30N2O/c1-3-4-11-26-12-15-27(16-13-26,17-14-26)25-10-9-22(23(18-28)24(25)19-29)20-5-7-21(30-2)8-6-20/h5-10H,3-4,11-17H2,1-2H3. The normalized spacial score (nSPS) is 24.8. The molecule has 2 aromatic carbocycles. The first kappa shape index (κ1) is 20.5. The number of nitrogens with zero attached hydrogens (tertiary/aromatic N) is 2. The summed E-state index contributed by atoms with van der Waals surface area (Å²) in [6.07, 6.45) is 11.2. The zero-order valence-electron chi connectivity index (χ0n) is 18.1. The van der Waals surface area contributed by atoms with Crippen LogP contribution in [-0.2, 0) is 5.41 Å². The fraction of sp³-hybridized carbons (Fsp3) is 0.481. The summed E-state index contributed by atoms with van der Waals surface area (Å²) in [5, 5.41) is 20.1. The van der Waals surface area contributed by atoms with Gasteiger partial charge in [-0.3, -0.25) is 0 Å². The highest BCUT2D eigenvalue weighted by molar-refractivity contribution is 5.75. The number of hydrogen-bond acceptors (Lipinski definition) is 3. The highest BCUT2D eigenvalue weighted by Gasteiger charge is 2.49. The van der Waals surface area contributed by atoms with Crippen molar-refractivity contribution in [2.45, 2.75) is 70.1 Å². The fourth-order valence-corrected chi connectivity index (χ4v) is 5.88. The van der Waals surface area contributed by atoms with Crippen LogP contribution in [0, 0.1) is 28.1 Å². The first-order valence-corrected chi connectivity index (χ1v) is 11.2. The van der Waals surface area contributed by atoms with Gasteiger partial charge in [-0.1, -0.05) is 44.0 Å². The molecule has 0 unspecified atom stereocenters. The summed E-state index contributed by atoms with van der Waals surface area (Å²) in [7, 11) is 1.64. The second kappa shape index (κ2) is 8.16.